The van der Waals surface area contributed by atoms with Gasteiger partial charge >= 0.3 is 35.8 Å². The Bertz CT molecular complexity index is 474. The lowest BCUT2D eigenvalue weighted by atomic mass is 9.98. The number of aliphatic carboxylic acids is 1. The summed E-state index contributed by atoms with van der Waals surface area (Å²) in [5.74, 6) is -36.6. The number of halogens is 12. The summed E-state index contributed by atoms with van der Waals surface area (Å²) in [6.07, 6.45) is -8.77. The van der Waals surface area contributed by atoms with E-state index in [-0.39, 0.29) is 0 Å². The van der Waals surface area contributed by atoms with Crippen molar-refractivity contribution in [2.75, 3.05) is 0 Å². The van der Waals surface area contributed by atoms with Crippen LogP contribution in [0.5, 0.6) is 0 Å². The molecule has 14 heteroatoms. The minimum atomic E-state index is -7.79. The second kappa shape index (κ2) is 5.22. The van der Waals surface area contributed by atoms with Crippen molar-refractivity contribution < 1.29 is 62.6 Å². The van der Waals surface area contributed by atoms with E-state index in [2.05, 4.69) is 0 Å². The highest BCUT2D eigenvalue weighted by Gasteiger charge is 2.87. The van der Waals surface area contributed by atoms with Crippen LogP contribution >= 0.6 is 0 Å². The fourth-order valence-electron chi connectivity index (χ4n) is 0.921. The van der Waals surface area contributed by atoms with E-state index >= 15 is 0 Å². The van der Waals surface area contributed by atoms with Gasteiger partial charge in [0, 0.05) is 0 Å². The average molecular weight is 360 g/mol. The molecule has 0 aliphatic heterocycles. The van der Waals surface area contributed by atoms with Crippen LogP contribution in [0.4, 0.5) is 52.7 Å². The van der Waals surface area contributed by atoms with E-state index in [0.29, 0.717) is 0 Å². The van der Waals surface area contributed by atoms with Gasteiger partial charge in [0.15, 0.2) is 5.83 Å². The van der Waals surface area contributed by atoms with Crippen molar-refractivity contribution in [3.05, 3.63) is 11.9 Å². The first-order valence-corrected chi connectivity index (χ1v) is 4.52. The van der Waals surface area contributed by atoms with E-state index in [9.17, 15) is 57.5 Å². The largest absolute Gasteiger partial charge is 0.478 e. The molecule has 0 saturated heterocycles. The molecule has 0 fully saturated rings. The summed E-state index contributed by atoms with van der Waals surface area (Å²) >= 11 is 0. The third kappa shape index (κ3) is 2.82. The summed E-state index contributed by atoms with van der Waals surface area (Å²) in [5.41, 5.74) is 0. The summed E-state index contributed by atoms with van der Waals surface area (Å²) in [4.78, 5) is 9.78. The van der Waals surface area contributed by atoms with Crippen LogP contribution in [0, 0.1) is 0 Å². The first kappa shape index (κ1) is 20.4. The highest BCUT2D eigenvalue weighted by Crippen LogP contribution is 2.58. The molecule has 0 unspecified atom stereocenters. The zero-order chi connectivity index (χ0) is 18.4. The Labute approximate surface area is 112 Å². The Hall–Kier alpha value is -1.63. The quantitative estimate of drug-likeness (QED) is 0.457. The van der Waals surface area contributed by atoms with Gasteiger partial charge in [0.2, 0.25) is 0 Å². The predicted molar refractivity (Wildman–Crippen MR) is 42.7 cm³/mol. The van der Waals surface area contributed by atoms with Gasteiger partial charge in [-0.3, -0.25) is 0 Å². The minimum Gasteiger partial charge on any atom is -0.478 e. The molecule has 0 amide bonds. The highest BCUT2D eigenvalue weighted by atomic mass is 19.4. The van der Waals surface area contributed by atoms with Crippen molar-refractivity contribution in [2.45, 2.75) is 29.9 Å². The second-order valence-electron chi connectivity index (χ2n) is 3.63. The number of allylic oxidation sites excluding steroid dienone is 1. The van der Waals surface area contributed by atoms with E-state index in [0.717, 1.165) is 0 Å². The molecule has 0 rings (SSSR count). The zero-order valence-electron chi connectivity index (χ0n) is 9.47. The molecular weight excluding hydrogens is 358 g/mol. The highest BCUT2D eigenvalue weighted by molar-refractivity contribution is 5.80. The van der Waals surface area contributed by atoms with Crippen LogP contribution in [0.15, 0.2) is 11.9 Å². The lowest BCUT2D eigenvalue weighted by Crippen LogP contribution is -2.66. The monoisotopic (exact) mass is 360 g/mol. The Morgan fingerprint density at radius 2 is 1.09 bits per heavy atom. The number of carboxylic acid groups (broad SMARTS) is 1. The molecule has 0 atom stereocenters. The fourth-order valence-corrected chi connectivity index (χ4v) is 0.921. The molecule has 1 N–H and O–H groups in total. The van der Waals surface area contributed by atoms with E-state index in [4.69, 9.17) is 5.11 Å². The van der Waals surface area contributed by atoms with Crippen molar-refractivity contribution in [1.29, 1.82) is 0 Å². The number of hydrogen-bond donors (Lipinski definition) is 1. The van der Waals surface area contributed by atoms with Crippen LogP contribution in [-0.2, 0) is 4.79 Å². The minimum absolute atomic E-state index is 1.39. The zero-order valence-corrected chi connectivity index (χ0v) is 9.47. The molecule has 0 spiro atoms. The smallest absolute Gasteiger partial charge is 0.460 e. The Kier molecular flexibility index (Phi) is 4.84. The van der Waals surface area contributed by atoms with Crippen molar-refractivity contribution >= 4 is 5.97 Å². The van der Waals surface area contributed by atoms with Crippen molar-refractivity contribution in [3.63, 3.8) is 0 Å². The standard InChI is InChI=1S/C8H2F12O2/c9-2(1-3(21)22)4(10,11)5(12,13)6(14,15)7(16,17)8(18,19)20/h1H,(H,21,22)/i1+1,3+1. The fraction of sp³-hybridized carbons (Fsp3) is 0.625. The molecule has 22 heavy (non-hydrogen) atoms. The molecular formula is C8H2F12O2. The van der Waals surface area contributed by atoms with Gasteiger partial charge in [0.05, 0.1) is 6.08 Å². The summed E-state index contributed by atoms with van der Waals surface area (Å²) in [6.45, 7) is 0. The predicted octanol–water partition coefficient (Wildman–Crippen LogP) is 4.03. The lowest BCUT2D eigenvalue weighted by Gasteiger charge is -2.36. The Morgan fingerprint density at radius 1 is 0.727 bits per heavy atom. The Morgan fingerprint density at radius 3 is 1.36 bits per heavy atom. The van der Waals surface area contributed by atoms with Crippen LogP contribution in [0.25, 0.3) is 0 Å². The first-order chi connectivity index (χ1) is 9.34. The van der Waals surface area contributed by atoms with E-state index in [1.165, 1.54) is 0 Å². The third-order valence-electron chi connectivity index (χ3n) is 2.09. The van der Waals surface area contributed by atoms with Crippen molar-refractivity contribution in [3.8, 4) is 0 Å². The Balaban J connectivity index is 6.17. The molecule has 0 aliphatic rings. The van der Waals surface area contributed by atoms with Gasteiger partial charge in [-0.1, -0.05) is 0 Å². The molecule has 2 nitrogen and oxygen atoms in total. The van der Waals surface area contributed by atoms with Crippen LogP contribution in [0.2, 0.25) is 0 Å². The molecule has 0 aromatic rings. The molecule has 0 heterocycles. The number of hydrogen-bond acceptors (Lipinski definition) is 1. The maximum Gasteiger partial charge on any atom is 0.460 e. The third-order valence-corrected chi connectivity index (χ3v) is 2.09. The molecule has 130 valence electrons. The number of carboxylic acids is 1. The molecule has 0 aromatic carbocycles. The SMILES string of the molecule is O=[13C](O)[13CH]=C(F)C(F)(F)C(F)(F)C(F)(F)C(F)(F)C(F)(F)F. The lowest BCUT2D eigenvalue weighted by molar-refractivity contribution is -0.419. The summed E-state index contributed by atoms with van der Waals surface area (Å²) in [6, 6.07) is 0. The van der Waals surface area contributed by atoms with E-state index in [1.54, 1.807) is 0 Å². The van der Waals surface area contributed by atoms with E-state index in [1.807, 2.05) is 0 Å². The van der Waals surface area contributed by atoms with Gasteiger partial charge < -0.3 is 5.11 Å². The van der Waals surface area contributed by atoms with Gasteiger partial charge in [-0.25, -0.2) is 9.18 Å². The molecule has 0 saturated carbocycles. The topological polar surface area (TPSA) is 37.3 Å². The van der Waals surface area contributed by atoms with Crippen LogP contribution in [0.3, 0.4) is 0 Å². The van der Waals surface area contributed by atoms with Crippen LogP contribution < -0.4 is 0 Å². The normalized spacial score (nSPS) is 15.9. The van der Waals surface area contributed by atoms with Crippen molar-refractivity contribution in [2.24, 2.45) is 0 Å². The van der Waals surface area contributed by atoms with Gasteiger partial charge in [-0.05, 0) is 0 Å². The number of rotatable bonds is 5. The van der Waals surface area contributed by atoms with Crippen LogP contribution in [-0.4, -0.2) is 40.9 Å². The second-order valence-corrected chi connectivity index (χ2v) is 3.63. The molecule has 0 aliphatic carbocycles. The summed E-state index contributed by atoms with van der Waals surface area (Å²) < 4.78 is 148. The van der Waals surface area contributed by atoms with E-state index < -0.39 is 47.7 Å². The number of alkyl halides is 11. The summed E-state index contributed by atoms with van der Waals surface area (Å²) in [7, 11) is 0. The van der Waals surface area contributed by atoms with Gasteiger partial charge in [0.1, 0.15) is 0 Å². The molecule has 0 radical (unpaired) electrons. The maximum absolute atomic E-state index is 12.8. The summed E-state index contributed by atoms with van der Waals surface area (Å²) in [5, 5.41) is 7.79. The van der Waals surface area contributed by atoms with Gasteiger partial charge in [-0.2, -0.15) is 48.3 Å². The van der Waals surface area contributed by atoms with Gasteiger partial charge in [0.25, 0.3) is 0 Å². The number of carbonyl (C=O) groups is 1. The molecule has 0 aromatic heterocycles. The van der Waals surface area contributed by atoms with Gasteiger partial charge in [-0.15, -0.1) is 0 Å². The first-order valence-electron chi connectivity index (χ1n) is 4.52. The molecule has 0 bridgehead atoms. The van der Waals surface area contributed by atoms with Crippen molar-refractivity contribution in [1.82, 2.24) is 0 Å². The maximum atomic E-state index is 12.8. The average Bonchev–Trinajstić information content (AvgIpc) is 2.25. The van der Waals surface area contributed by atoms with Crippen LogP contribution in [0.1, 0.15) is 0 Å².